The first-order valence-corrected chi connectivity index (χ1v) is 8.79. The van der Waals surface area contributed by atoms with Gasteiger partial charge >= 0.3 is 0 Å². The molecule has 0 aliphatic carbocycles. The van der Waals surface area contributed by atoms with Gasteiger partial charge in [-0.15, -0.1) is 0 Å². The number of hydrogen-bond acceptors (Lipinski definition) is 2. The summed E-state index contributed by atoms with van der Waals surface area (Å²) < 4.78 is 5.95. The third-order valence-electron chi connectivity index (χ3n) is 3.19. The van der Waals surface area contributed by atoms with Crippen LogP contribution in [0.15, 0.2) is 0 Å². The van der Waals surface area contributed by atoms with Crippen molar-refractivity contribution in [3.05, 3.63) is 0 Å². The van der Waals surface area contributed by atoms with Crippen LogP contribution in [0.4, 0.5) is 0 Å². The summed E-state index contributed by atoms with van der Waals surface area (Å²) in [5.74, 6) is 0.531. The number of aliphatic hydroxyl groups excluding tert-OH is 1. The summed E-state index contributed by atoms with van der Waals surface area (Å²) >= 11 is 0. The van der Waals surface area contributed by atoms with Gasteiger partial charge in [0.15, 0.2) is 8.32 Å². The largest absolute Gasteiger partial charge is 0.414 e. The minimum Gasteiger partial charge on any atom is -0.414 e. The van der Waals surface area contributed by atoms with E-state index < -0.39 is 8.32 Å². The highest BCUT2D eigenvalue weighted by atomic mass is 28.4. The third-order valence-corrected chi connectivity index (χ3v) is 7.69. The minimum atomic E-state index is -1.68. The molecule has 1 unspecified atom stereocenters. The van der Waals surface area contributed by atoms with E-state index in [1.807, 2.05) is 0 Å². The van der Waals surface area contributed by atoms with Crippen molar-refractivity contribution in [2.24, 2.45) is 5.92 Å². The first-order valence-electron chi connectivity index (χ1n) is 5.88. The molecule has 0 aromatic carbocycles. The van der Waals surface area contributed by atoms with Crippen LogP contribution < -0.4 is 0 Å². The Hall–Kier alpha value is 0.137. The van der Waals surface area contributed by atoms with Gasteiger partial charge in [0.05, 0.1) is 12.7 Å². The highest BCUT2D eigenvalue weighted by Crippen LogP contribution is 2.36. The molecular weight excluding hydrogens is 204 g/mol. The number of rotatable bonds is 5. The van der Waals surface area contributed by atoms with E-state index in [-0.39, 0.29) is 11.1 Å². The number of hydrogen-bond donors (Lipinski definition) is 1. The molecule has 1 atom stereocenters. The Morgan fingerprint density at radius 2 is 1.67 bits per heavy atom. The molecule has 0 rings (SSSR count). The van der Waals surface area contributed by atoms with Crippen LogP contribution in [0, 0.1) is 5.92 Å². The molecule has 0 aromatic heterocycles. The van der Waals surface area contributed by atoms with E-state index in [9.17, 15) is 5.11 Å². The smallest absolute Gasteiger partial charge is 0.192 e. The molecule has 0 aromatic rings. The standard InChI is InChI=1S/C12H28O2Si/c1-10(2)8-11(13)9-14-15(6,7)12(3,4)5/h10-11,13H,8-9H2,1-7H3. The lowest BCUT2D eigenvalue weighted by Gasteiger charge is -2.36. The molecule has 92 valence electrons. The molecule has 0 aliphatic heterocycles. The van der Waals surface area contributed by atoms with E-state index in [2.05, 4.69) is 47.7 Å². The maximum Gasteiger partial charge on any atom is 0.192 e. The predicted octanol–water partition coefficient (Wildman–Crippen LogP) is 3.42. The molecule has 0 heterocycles. The van der Waals surface area contributed by atoms with E-state index in [0.717, 1.165) is 6.42 Å². The van der Waals surface area contributed by atoms with Gasteiger partial charge < -0.3 is 9.53 Å². The fraction of sp³-hybridized carbons (Fsp3) is 1.00. The van der Waals surface area contributed by atoms with Gasteiger partial charge in [0.2, 0.25) is 0 Å². The van der Waals surface area contributed by atoms with E-state index in [1.54, 1.807) is 0 Å². The molecule has 0 saturated carbocycles. The molecule has 2 nitrogen and oxygen atoms in total. The Balaban J connectivity index is 4.04. The van der Waals surface area contributed by atoms with Crippen molar-refractivity contribution < 1.29 is 9.53 Å². The van der Waals surface area contributed by atoms with Crippen LogP contribution in [0.25, 0.3) is 0 Å². The lowest BCUT2D eigenvalue weighted by atomic mass is 10.1. The topological polar surface area (TPSA) is 29.5 Å². The lowest BCUT2D eigenvalue weighted by Crippen LogP contribution is -2.42. The van der Waals surface area contributed by atoms with Gasteiger partial charge in [-0.2, -0.15) is 0 Å². The maximum absolute atomic E-state index is 9.75. The summed E-state index contributed by atoms with van der Waals surface area (Å²) in [5, 5.41) is 9.97. The van der Waals surface area contributed by atoms with Crippen LogP contribution >= 0.6 is 0 Å². The monoisotopic (exact) mass is 232 g/mol. The average molecular weight is 232 g/mol. The first-order chi connectivity index (χ1) is 6.56. The van der Waals surface area contributed by atoms with Gasteiger partial charge in [-0.05, 0) is 30.5 Å². The Morgan fingerprint density at radius 3 is 2.00 bits per heavy atom. The zero-order valence-electron chi connectivity index (χ0n) is 11.4. The lowest BCUT2D eigenvalue weighted by molar-refractivity contribution is 0.0827. The van der Waals surface area contributed by atoms with Gasteiger partial charge in [-0.3, -0.25) is 0 Å². The van der Waals surface area contributed by atoms with Crippen LogP contribution in [0.2, 0.25) is 18.1 Å². The fourth-order valence-corrected chi connectivity index (χ4v) is 2.18. The molecule has 0 aliphatic rings. The summed E-state index contributed by atoms with van der Waals surface area (Å²) in [6.45, 7) is 15.8. The van der Waals surface area contributed by atoms with Crippen molar-refractivity contribution in [1.82, 2.24) is 0 Å². The van der Waals surface area contributed by atoms with Crippen molar-refractivity contribution >= 4 is 8.32 Å². The Labute approximate surface area is 96.2 Å². The predicted molar refractivity (Wildman–Crippen MR) is 68.6 cm³/mol. The molecule has 0 fully saturated rings. The first kappa shape index (κ1) is 15.1. The summed E-state index contributed by atoms with van der Waals surface area (Å²) in [5.41, 5.74) is 0. The van der Waals surface area contributed by atoms with Gasteiger partial charge in [0.25, 0.3) is 0 Å². The van der Waals surface area contributed by atoms with E-state index in [0.29, 0.717) is 12.5 Å². The molecule has 1 N–H and O–H groups in total. The van der Waals surface area contributed by atoms with E-state index >= 15 is 0 Å². The van der Waals surface area contributed by atoms with Gasteiger partial charge in [0, 0.05) is 0 Å². The summed E-state index contributed by atoms with van der Waals surface area (Å²) in [7, 11) is -1.68. The normalized spacial score (nSPS) is 15.8. The SMILES string of the molecule is CC(C)CC(O)CO[Si](C)(C)C(C)(C)C. The van der Waals surface area contributed by atoms with Crippen LogP contribution in [0.1, 0.15) is 41.0 Å². The summed E-state index contributed by atoms with van der Waals surface area (Å²) in [6, 6.07) is 0. The molecule has 0 spiro atoms. The fourth-order valence-electron chi connectivity index (χ4n) is 1.13. The van der Waals surface area contributed by atoms with Crippen molar-refractivity contribution in [3.8, 4) is 0 Å². The molecule has 0 saturated heterocycles. The van der Waals surface area contributed by atoms with Crippen molar-refractivity contribution in [2.45, 2.75) is 65.3 Å². The van der Waals surface area contributed by atoms with Crippen LogP contribution in [0.5, 0.6) is 0 Å². The van der Waals surface area contributed by atoms with Crippen molar-refractivity contribution in [3.63, 3.8) is 0 Å². The average Bonchev–Trinajstić information content (AvgIpc) is 1.97. The highest BCUT2D eigenvalue weighted by Gasteiger charge is 2.37. The molecular formula is C12H28O2Si. The van der Waals surface area contributed by atoms with Gasteiger partial charge in [-0.1, -0.05) is 34.6 Å². The van der Waals surface area contributed by atoms with Crippen molar-refractivity contribution in [2.75, 3.05) is 6.61 Å². The highest BCUT2D eigenvalue weighted by molar-refractivity contribution is 6.74. The molecule has 3 heteroatoms. The minimum absolute atomic E-state index is 0.227. The van der Waals surface area contributed by atoms with E-state index in [1.165, 1.54) is 0 Å². The number of aliphatic hydroxyl groups is 1. The van der Waals surface area contributed by atoms with Crippen molar-refractivity contribution in [1.29, 1.82) is 0 Å². The second-order valence-corrected chi connectivity index (χ2v) is 11.2. The quantitative estimate of drug-likeness (QED) is 0.736. The Bertz CT molecular complexity index is 183. The molecule has 15 heavy (non-hydrogen) atoms. The molecule has 0 amide bonds. The third kappa shape index (κ3) is 5.69. The summed E-state index contributed by atoms with van der Waals surface area (Å²) in [4.78, 5) is 0. The van der Waals surface area contributed by atoms with Crippen LogP contribution in [0.3, 0.4) is 0 Å². The summed E-state index contributed by atoms with van der Waals surface area (Å²) in [6.07, 6.45) is 0.522. The van der Waals surface area contributed by atoms with Crippen LogP contribution in [-0.2, 0) is 4.43 Å². The van der Waals surface area contributed by atoms with Crippen LogP contribution in [-0.4, -0.2) is 26.1 Å². The van der Waals surface area contributed by atoms with Gasteiger partial charge in [-0.25, -0.2) is 0 Å². The van der Waals surface area contributed by atoms with E-state index in [4.69, 9.17) is 4.43 Å². The molecule has 0 bridgehead atoms. The zero-order chi connectivity index (χ0) is 12.3. The zero-order valence-corrected chi connectivity index (χ0v) is 12.4. The maximum atomic E-state index is 9.75. The molecule has 0 radical (unpaired) electrons. The second kappa shape index (κ2) is 5.46. The second-order valence-electron chi connectivity index (χ2n) is 6.35. The Morgan fingerprint density at radius 1 is 1.20 bits per heavy atom. The Kier molecular flexibility index (Phi) is 5.51. The van der Waals surface area contributed by atoms with Gasteiger partial charge in [0.1, 0.15) is 0 Å².